The van der Waals surface area contributed by atoms with E-state index in [2.05, 4.69) is 35.7 Å². The van der Waals surface area contributed by atoms with E-state index in [9.17, 15) is 4.79 Å². The lowest BCUT2D eigenvalue weighted by molar-refractivity contribution is 0.102. The summed E-state index contributed by atoms with van der Waals surface area (Å²) in [7, 11) is 0. The highest BCUT2D eigenvalue weighted by atomic mass is 16.1. The lowest BCUT2D eigenvalue weighted by atomic mass is 10.0. The number of fused-ring (bicyclic) bond motifs is 2. The number of aromatic nitrogens is 5. The molecule has 0 spiro atoms. The van der Waals surface area contributed by atoms with Gasteiger partial charge in [0, 0.05) is 48.6 Å². The number of piperidine rings is 1. The molecule has 3 aromatic heterocycles. The summed E-state index contributed by atoms with van der Waals surface area (Å²) >= 11 is 0. The second-order valence-corrected chi connectivity index (χ2v) is 8.95. The number of rotatable bonds is 5. The van der Waals surface area contributed by atoms with E-state index in [1.54, 1.807) is 18.6 Å². The summed E-state index contributed by atoms with van der Waals surface area (Å²) in [5, 5.41) is 16.0. The maximum atomic E-state index is 13.2. The molecule has 0 bridgehead atoms. The van der Waals surface area contributed by atoms with Crippen molar-refractivity contribution in [3.63, 3.8) is 0 Å². The summed E-state index contributed by atoms with van der Waals surface area (Å²) in [6.45, 7) is 3.87. The van der Waals surface area contributed by atoms with Gasteiger partial charge in [0.1, 0.15) is 5.52 Å². The fourth-order valence-electron chi connectivity index (χ4n) is 4.69. The molecule has 1 amide bonds. The Bertz CT molecular complexity index is 1340. The van der Waals surface area contributed by atoms with E-state index in [1.807, 2.05) is 35.7 Å². The molecule has 9 nitrogen and oxygen atoms in total. The van der Waals surface area contributed by atoms with E-state index in [1.165, 1.54) is 12.8 Å². The van der Waals surface area contributed by atoms with Gasteiger partial charge in [-0.2, -0.15) is 5.10 Å². The number of nitrogens with one attached hydrogen (secondary N) is 2. The molecule has 9 heteroatoms. The molecule has 33 heavy (non-hydrogen) atoms. The molecule has 168 valence electrons. The molecular weight excluding hydrogens is 416 g/mol. The Balaban J connectivity index is 1.26. The normalized spacial score (nSPS) is 17.1. The van der Waals surface area contributed by atoms with Crippen LogP contribution in [-0.4, -0.2) is 55.6 Å². The molecule has 2 aliphatic rings. The minimum atomic E-state index is -0.256. The lowest BCUT2D eigenvalue weighted by Gasteiger charge is -2.34. The van der Waals surface area contributed by atoms with Crippen molar-refractivity contribution in [1.82, 2.24) is 29.9 Å². The number of benzene rings is 1. The van der Waals surface area contributed by atoms with Crippen LogP contribution in [0.5, 0.6) is 0 Å². The van der Waals surface area contributed by atoms with Crippen LogP contribution in [0, 0.1) is 6.92 Å². The third kappa shape index (κ3) is 3.89. The fourth-order valence-corrected chi connectivity index (χ4v) is 4.69. The molecule has 0 atom stereocenters. The first-order chi connectivity index (χ1) is 16.2. The van der Waals surface area contributed by atoms with Crippen LogP contribution >= 0.6 is 0 Å². The Morgan fingerprint density at radius 1 is 1.06 bits per heavy atom. The number of hydrogen-bond donors (Lipinski definition) is 2. The highest BCUT2D eigenvalue weighted by Gasteiger charge is 2.28. The molecule has 1 saturated heterocycles. The first kappa shape index (κ1) is 20.0. The van der Waals surface area contributed by atoms with E-state index in [4.69, 9.17) is 0 Å². The number of anilines is 2. The lowest BCUT2D eigenvalue weighted by Crippen LogP contribution is -2.43. The maximum Gasteiger partial charge on any atom is 0.259 e. The summed E-state index contributed by atoms with van der Waals surface area (Å²) in [5.41, 5.74) is 3.71. The zero-order valence-electron chi connectivity index (χ0n) is 18.5. The van der Waals surface area contributed by atoms with Gasteiger partial charge in [0.05, 0.1) is 23.7 Å². The smallest absolute Gasteiger partial charge is 0.259 e. The molecule has 6 rings (SSSR count). The van der Waals surface area contributed by atoms with Gasteiger partial charge in [-0.05, 0) is 50.8 Å². The number of amides is 1. The SMILES string of the molecule is Cc1nccn2cc(NC(=O)c3ccc(N4CCC(NC5CC5)CC4)c4ccnnc34)nc12. The van der Waals surface area contributed by atoms with Crippen molar-refractivity contribution in [3.8, 4) is 0 Å². The van der Waals surface area contributed by atoms with Crippen LogP contribution in [0.15, 0.2) is 43.0 Å². The van der Waals surface area contributed by atoms with Gasteiger partial charge < -0.3 is 19.9 Å². The Labute approximate surface area is 191 Å². The molecule has 1 aliphatic heterocycles. The average molecular weight is 443 g/mol. The number of carbonyl (C=O) groups excluding carboxylic acids is 1. The summed E-state index contributed by atoms with van der Waals surface area (Å²) < 4.78 is 1.85. The largest absolute Gasteiger partial charge is 0.371 e. The zero-order chi connectivity index (χ0) is 22.4. The second kappa shape index (κ2) is 8.08. The van der Waals surface area contributed by atoms with Crippen molar-refractivity contribution in [2.45, 2.75) is 44.7 Å². The van der Waals surface area contributed by atoms with Gasteiger partial charge in [-0.1, -0.05) is 0 Å². The van der Waals surface area contributed by atoms with Crippen LogP contribution in [0.25, 0.3) is 16.6 Å². The standard InChI is InChI=1S/C24H26N8O/c1-15-23-28-21(14-32(23)13-10-25-15)29-24(33)19-4-5-20(18-6-9-26-30-22(18)19)31-11-7-17(8-12-31)27-16-2-3-16/h4-6,9-10,13-14,16-17,27H,2-3,7-8,11-12H2,1H3,(H,29,33). The van der Waals surface area contributed by atoms with Crippen molar-refractivity contribution in [2.24, 2.45) is 0 Å². The number of aryl methyl sites for hydroxylation is 1. The van der Waals surface area contributed by atoms with Crippen LogP contribution in [0.4, 0.5) is 11.5 Å². The van der Waals surface area contributed by atoms with Gasteiger partial charge in [0.15, 0.2) is 11.5 Å². The van der Waals surface area contributed by atoms with Crippen LogP contribution in [0.1, 0.15) is 41.7 Å². The molecule has 1 aliphatic carbocycles. The van der Waals surface area contributed by atoms with Crippen molar-refractivity contribution in [3.05, 3.63) is 54.2 Å². The number of nitrogens with zero attached hydrogens (tertiary/aromatic N) is 6. The van der Waals surface area contributed by atoms with E-state index in [0.29, 0.717) is 28.6 Å². The molecule has 1 saturated carbocycles. The van der Waals surface area contributed by atoms with Gasteiger partial charge in [0.2, 0.25) is 0 Å². The van der Waals surface area contributed by atoms with Gasteiger partial charge >= 0.3 is 0 Å². The number of carbonyl (C=O) groups is 1. The van der Waals surface area contributed by atoms with E-state index >= 15 is 0 Å². The predicted octanol–water partition coefficient (Wildman–Crippen LogP) is 2.95. The molecule has 4 aromatic rings. The molecule has 1 aromatic carbocycles. The van der Waals surface area contributed by atoms with Crippen LogP contribution in [0.2, 0.25) is 0 Å². The number of hydrogen-bond acceptors (Lipinski definition) is 7. The maximum absolute atomic E-state index is 13.2. The molecule has 0 radical (unpaired) electrons. The summed E-state index contributed by atoms with van der Waals surface area (Å²) in [5.74, 6) is 0.218. The van der Waals surface area contributed by atoms with E-state index < -0.39 is 0 Å². The highest BCUT2D eigenvalue weighted by molar-refractivity contribution is 6.13. The van der Waals surface area contributed by atoms with Gasteiger partial charge in [-0.15, -0.1) is 5.10 Å². The minimum absolute atomic E-state index is 0.256. The van der Waals surface area contributed by atoms with Crippen molar-refractivity contribution >= 4 is 34.0 Å². The third-order valence-corrected chi connectivity index (χ3v) is 6.58. The van der Waals surface area contributed by atoms with Crippen LogP contribution in [-0.2, 0) is 0 Å². The fraction of sp³-hybridized carbons (Fsp3) is 0.375. The number of imidazole rings is 1. The summed E-state index contributed by atoms with van der Waals surface area (Å²) in [6.07, 6.45) is 11.9. The van der Waals surface area contributed by atoms with Crippen molar-refractivity contribution in [1.29, 1.82) is 0 Å². The van der Waals surface area contributed by atoms with Gasteiger partial charge in [0.25, 0.3) is 5.91 Å². The molecular formula is C24H26N8O. The Kier molecular flexibility index (Phi) is 4.91. The van der Waals surface area contributed by atoms with Crippen molar-refractivity contribution < 1.29 is 4.79 Å². The highest BCUT2D eigenvalue weighted by Crippen LogP contribution is 2.31. The monoisotopic (exact) mass is 442 g/mol. The first-order valence-electron chi connectivity index (χ1n) is 11.5. The molecule has 4 heterocycles. The summed E-state index contributed by atoms with van der Waals surface area (Å²) in [6, 6.07) is 7.17. The van der Waals surface area contributed by atoms with E-state index in [0.717, 1.165) is 48.7 Å². The Morgan fingerprint density at radius 2 is 1.88 bits per heavy atom. The van der Waals surface area contributed by atoms with Gasteiger partial charge in [-0.25, -0.2) is 4.98 Å². The molecule has 2 N–H and O–H groups in total. The second-order valence-electron chi connectivity index (χ2n) is 8.95. The predicted molar refractivity (Wildman–Crippen MR) is 127 cm³/mol. The minimum Gasteiger partial charge on any atom is -0.371 e. The van der Waals surface area contributed by atoms with E-state index in [-0.39, 0.29) is 5.91 Å². The van der Waals surface area contributed by atoms with Crippen molar-refractivity contribution in [2.75, 3.05) is 23.3 Å². The Morgan fingerprint density at radius 3 is 2.67 bits per heavy atom. The van der Waals surface area contributed by atoms with Crippen LogP contribution in [0.3, 0.4) is 0 Å². The third-order valence-electron chi connectivity index (χ3n) is 6.58. The molecule has 0 unspecified atom stereocenters. The first-order valence-corrected chi connectivity index (χ1v) is 11.5. The topological polar surface area (TPSA) is 100 Å². The Hall–Kier alpha value is -3.59. The van der Waals surface area contributed by atoms with Crippen LogP contribution < -0.4 is 15.5 Å². The summed E-state index contributed by atoms with van der Waals surface area (Å²) in [4.78, 5) is 24.3. The quantitative estimate of drug-likeness (QED) is 0.490. The average Bonchev–Trinajstić information content (AvgIpc) is 3.55. The molecule has 2 fully saturated rings. The van der Waals surface area contributed by atoms with Gasteiger partial charge in [-0.3, -0.25) is 9.78 Å². The zero-order valence-corrected chi connectivity index (χ0v) is 18.5.